The van der Waals surface area contributed by atoms with Gasteiger partial charge in [-0.2, -0.15) is 0 Å². The molecule has 1 saturated heterocycles. The van der Waals surface area contributed by atoms with E-state index in [0.717, 1.165) is 93.4 Å². The summed E-state index contributed by atoms with van der Waals surface area (Å²) in [5.41, 5.74) is 6.21. The molecule has 3 aliphatic heterocycles. The molecule has 0 unspecified atom stereocenters. The van der Waals surface area contributed by atoms with Gasteiger partial charge < -0.3 is 9.47 Å². The van der Waals surface area contributed by atoms with Gasteiger partial charge >= 0.3 is 11.9 Å². The number of fused-ring (bicyclic) bond motifs is 1. The van der Waals surface area contributed by atoms with Crippen LogP contribution >= 0.6 is 0 Å². The van der Waals surface area contributed by atoms with E-state index in [1.165, 1.54) is 22.3 Å². The Morgan fingerprint density at radius 3 is 2.78 bits per heavy atom. The van der Waals surface area contributed by atoms with Crippen LogP contribution in [-0.4, -0.2) is 24.7 Å². The smallest absolute Gasteiger partial charge is 0.340 e. The van der Waals surface area contributed by atoms with Crippen LogP contribution in [-0.2, 0) is 19.1 Å². The Kier molecular flexibility index (Phi) is 5.10. The van der Waals surface area contributed by atoms with E-state index < -0.39 is 5.41 Å². The highest BCUT2D eigenvalue weighted by atomic mass is 16.5. The standard InChI is InChI=1S/C31H35NO4/c1-3-5-7-23-31-12-10-20(21(27(31)30(34)35-23)14-17-11-13-32-16-17)22-15-19-9-8-18(6-4-2)28-24(19)25(26(22)31)29(33)36-28/h7,11,16,19-20,22,26H,3-6,8-10,12-15H2,1-2H3/b23-7-/t19-,20-,22+,26-,31+/m1/s1. The molecule has 0 N–H and O–H groups in total. The van der Waals surface area contributed by atoms with E-state index in [1.54, 1.807) is 0 Å². The second-order valence-electron chi connectivity index (χ2n) is 11.7. The van der Waals surface area contributed by atoms with Crippen LogP contribution in [0.5, 0.6) is 0 Å². The Labute approximate surface area is 213 Å². The largest absolute Gasteiger partial charge is 0.427 e. The molecular formula is C31H35NO4. The summed E-state index contributed by atoms with van der Waals surface area (Å²) in [4.78, 5) is 31.7. The number of carbonyl (C=O) groups is 2. The first-order chi connectivity index (χ1) is 17.6. The summed E-state index contributed by atoms with van der Waals surface area (Å²) < 4.78 is 12.2. The van der Waals surface area contributed by atoms with Gasteiger partial charge in [0.05, 0.1) is 17.5 Å². The van der Waals surface area contributed by atoms with Gasteiger partial charge in [0, 0.05) is 23.3 Å². The van der Waals surface area contributed by atoms with E-state index in [4.69, 9.17) is 9.47 Å². The number of ether oxygens (including phenoxy) is 2. The van der Waals surface area contributed by atoms with Crippen LogP contribution in [0.3, 0.4) is 0 Å². The maximum absolute atomic E-state index is 13.7. The first-order valence-corrected chi connectivity index (χ1v) is 14.1. The summed E-state index contributed by atoms with van der Waals surface area (Å²) in [6, 6.07) is 0. The lowest BCUT2D eigenvalue weighted by Crippen LogP contribution is -2.53. The Balaban J connectivity index is 1.45. The van der Waals surface area contributed by atoms with Gasteiger partial charge in [-0.3, -0.25) is 4.99 Å². The third-order valence-corrected chi connectivity index (χ3v) is 10.0. The van der Waals surface area contributed by atoms with Crippen molar-refractivity contribution >= 4 is 18.2 Å². The van der Waals surface area contributed by atoms with E-state index in [-0.39, 0.29) is 17.9 Å². The third kappa shape index (κ3) is 2.86. The van der Waals surface area contributed by atoms with Gasteiger partial charge in [-0.25, -0.2) is 9.59 Å². The molecule has 2 fully saturated rings. The van der Waals surface area contributed by atoms with Gasteiger partial charge in [-0.15, -0.1) is 0 Å². The number of hydrogen-bond donors (Lipinski definition) is 0. The summed E-state index contributed by atoms with van der Waals surface area (Å²) in [7, 11) is 0. The predicted octanol–water partition coefficient (Wildman–Crippen LogP) is 6.29. The van der Waals surface area contributed by atoms with Crippen molar-refractivity contribution in [3.05, 3.63) is 57.1 Å². The van der Waals surface area contributed by atoms with Crippen molar-refractivity contribution in [2.45, 2.75) is 78.1 Å². The number of aliphatic imine (C=N–C) groups is 1. The number of nitrogens with zero attached hydrogens (tertiary/aromatic N) is 1. The normalized spacial score (nSPS) is 36.9. The fraction of sp³-hybridized carbons (Fsp3) is 0.581. The molecule has 8 rings (SSSR count). The lowest BCUT2D eigenvalue weighted by atomic mass is 9.43. The highest BCUT2D eigenvalue weighted by Gasteiger charge is 2.69. The number of rotatable bonds is 6. The average molecular weight is 486 g/mol. The van der Waals surface area contributed by atoms with E-state index in [9.17, 15) is 9.59 Å². The quantitative estimate of drug-likeness (QED) is 0.415. The molecule has 1 spiro atoms. The Bertz CT molecular complexity index is 1260. The fourth-order valence-corrected chi connectivity index (χ4v) is 8.81. The van der Waals surface area contributed by atoms with Gasteiger partial charge in [0.25, 0.3) is 0 Å². The molecule has 5 aliphatic carbocycles. The lowest BCUT2D eigenvalue weighted by molar-refractivity contribution is -0.135. The van der Waals surface area contributed by atoms with Crippen molar-refractivity contribution in [3.63, 3.8) is 0 Å². The maximum atomic E-state index is 13.7. The minimum absolute atomic E-state index is 0.0204. The van der Waals surface area contributed by atoms with Gasteiger partial charge in [-0.1, -0.05) is 38.3 Å². The van der Waals surface area contributed by atoms with Crippen molar-refractivity contribution < 1.29 is 19.1 Å². The first kappa shape index (κ1) is 22.5. The number of hydrogen-bond acceptors (Lipinski definition) is 5. The second-order valence-corrected chi connectivity index (χ2v) is 11.7. The molecule has 5 heteroatoms. The minimum atomic E-state index is -0.526. The van der Waals surface area contributed by atoms with Crippen LogP contribution in [0, 0.1) is 29.1 Å². The van der Waals surface area contributed by atoms with E-state index in [2.05, 4.69) is 31.0 Å². The Morgan fingerprint density at radius 1 is 1.11 bits per heavy atom. The zero-order valence-corrected chi connectivity index (χ0v) is 21.4. The molecule has 2 bridgehead atoms. The Morgan fingerprint density at radius 2 is 2.00 bits per heavy atom. The van der Waals surface area contributed by atoms with Crippen LogP contribution in [0.4, 0.5) is 0 Å². The van der Waals surface area contributed by atoms with Gasteiger partial charge in [0.1, 0.15) is 11.5 Å². The molecule has 5 atom stereocenters. The zero-order chi connectivity index (χ0) is 24.6. The second kappa shape index (κ2) is 8.16. The summed E-state index contributed by atoms with van der Waals surface area (Å²) in [6.07, 6.45) is 16.1. The molecule has 0 amide bonds. The molecule has 36 heavy (non-hydrogen) atoms. The van der Waals surface area contributed by atoms with Crippen LogP contribution in [0.25, 0.3) is 0 Å². The number of allylic oxidation sites excluding steroid dienone is 6. The molecule has 0 aromatic carbocycles. The van der Waals surface area contributed by atoms with Crippen molar-refractivity contribution in [1.82, 2.24) is 0 Å². The molecule has 188 valence electrons. The number of cyclic esters (lactones) is 1. The van der Waals surface area contributed by atoms with Gasteiger partial charge in [0.15, 0.2) is 0 Å². The highest BCUT2D eigenvalue weighted by Crippen LogP contribution is 2.72. The molecule has 1 saturated carbocycles. The van der Waals surface area contributed by atoms with Crippen molar-refractivity contribution in [3.8, 4) is 0 Å². The highest BCUT2D eigenvalue weighted by molar-refractivity contribution is 6.01. The Hall–Kier alpha value is -2.69. The van der Waals surface area contributed by atoms with Crippen LogP contribution < -0.4 is 0 Å². The molecule has 5 nitrogen and oxygen atoms in total. The summed E-state index contributed by atoms with van der Waals surface area (Å²) in [6.45, 7) is 5.07. The summed E-state index contributed by atoms with van der Waals surface area (Å²) >= 11 is 0. The van der Waals surface area contributed by atoms with E-state index in [1.807, 2.05) is 6.21 Å². The van der Waals surface area contributed by atoms with Gasteiger partial charge in [-0.05, 0) is 86.3 Å². The predicted molar refractivity (Wildman–Crippen MR) is 137 cm³/mol. The maximum Gasteiger partial charge on any atom is 0.340 e. The monoisotopic (exact) mass is 485 g/mol. The van der Waals surface area contributed by atoms with Crippen LogP contribution in [0.2, 0.25) is 0 Å². The molecule has 0 radical (unpaired) electrons. The molecule has 0 aromatic heterocycles. The number of esters is 2. The number of carbonyl (C=O) groups excluding carboxylic acids is 2. The average Bonchev–Trinajstić information content (AvgIpc) is 3.58. The zero-order valence-electron chi connectivity index (χ0n) is 21.4. The topological polar surface area (TPSA) is 65.0 Å². The number of unbranched alkanes of at least 4 members (excludes halogenated alkanes) is 1. The van der Waals surface area contributed by atoms with Crippen molar-refractivity contribution in [2.24, 2.45) is 34.1 Å². The van der Waals surface area contributed by atoms with Crippen LogP contribution in [0.1, 0.15) is 78.1 Å². The van der Waals surface area contributed by atoms with Crippen molar-refractivity contribution in [1.29, 1.82) is 0 Å². The fourth-order valence-electron chi connectivity index (χ4n) is 8.81. The third-order valence-electron chi connectivity index (χ3n) is 10.0. The van der Waals surface area contributed by atoms with Gasteiger partial charge in [0.2, 0.25) is 0 Å². The van der Waals surface area contributed by atoms with E-state index >= 15 is 0 Å². The summed E-state index contributed by atoms with van der Waals surface area (Å²) in [5, 5.41) is 0. The van der Waals surface area contributed by atoms with Crippen molar-refractivity contribution in [2.75, 3.05) is 6.54 Å². The first-order valence-electron chi connectivity index (χ1n) is 14.1. The minimum Gasteiger partial charge on any atom is -0.427 e. The molecular weight excluding hydrogens is 450 g/mol. The van der Waals surface area contributed by atoms with Crippen LogP contribution in [0.15, 0.2) is 62.1 Å². The molecule has 0 aromatic rings. The summed E-state index contributed by atoms with van der Waals surface area (Å²) in [5.74, 6) is 2.39. The molecule has 8 aliphatic rings. The van der Waals surface area contributed by atoms with E-state index in [0.29, 0.717) is 17.8 Å². The SMILES string of the molecule is CCC/C=C1\OC(=O)C2=C(CC3=CCN=C3)[C@H]3CC[C@]21[C@H]1C2=C4C(=C(CCC)CC[C@@H]4C[C@@H]31)OC2=O. The molecule has 3 heterocycles. The lowest BCUT2D eigenvalue weighted by Gasteiger charge is -2.57.